The number of nitrogens with zero attached hydrogens (tertiary/aromatic N) is 3. The van der Waals surface area contributed by atoms with Gasteiger partial charge in [0.1, 0.15) is 11.5 Å². The van der Waals surface area contributed by atoms with Gasteiger partial charge in [0.05, 0.1) is 24.1 Å². The zero-order valence-electron chi connectivity index (χ0n) is 11.5. The molecule has 0 fully saturated rings. The highest BCUT2D eigenvalue weighted by Crippen LogP contribution is 2.18. The molecule has 1 aromatic rings. The average Bonchev–Trinajstić information content (AvgIpc) is 2.47. The zero-order chi connectivity index (χ0) is 15.0. The molecule has 0 unspecified atom stereocenters. The van der Waals surface area contributed by atoms with Crippen LogP contribution in [0.2, 0.25) is 5.02 Å². The zero-order valence-corrected chi connectivity index (χ0v) is 12.3. The Labute approximate surface area is 123 Å². The number of pyridine rings is 1. The smallest absolute Gasteiger partial charge is 0.274 e. The van der Waals surface area contributed by atoms with Gasteiger partial charge in [0, 0.05) is 27.2 Å². The number of rotatable bonds is 7. The van der Waals surface area contributed by atoms with E-state index in [4.69, 9.17) is 21.6 Å². The number of anilines is 1. The van der Waals surface area contributed by atoms with E-state index in [1.54, 1.807) is 26.3 Å². The third kappa shape index (κ3) is 4.37. The van der Waals surface area contributed by atoms with Crippen LogP contribution in [0.15, 0.2) is 12.1 Å². The van der Waals surface area contributed by atoms with Crippen LogP contribution in [0.3, 0.4) is 0 Å². The van der Waals surface area contributed by atoms with E-state index in [1.165, 1.54) is 4.90 Å². The number of nitrogens with one attached hydrogen (secondary N) is 1. The molecule has 108 valence electrons. The fourth-order valence-corrected chi connectivity index (χ4v) is 1.77. The first-order valence-electron chi connectivity index (χ1n) is 6.13. The van der Waals surface area contributed by atoms with Gasteiger partial charge in [-0.25, -0.2) is 4.98 Å². The Morgan fingerprint density at radius 1 is 1.55 bits per heavy atom. The standard InChI is InChI=1S/C13H17ClN4O2/c1-16-11-5-4-10(14)12(17-11)13(19)18(7-3-6-15)8-9-20-2/h4-5H,3,7-9H2,1-2H3,(H,16,17). The Morgan fingerprint density at radius 2 is 2.30 bits per heavy atom. The van der Waals surface area contributed by atoms with Gasteiger partial charge < -0.3 is 15.0 Å². The van der Waals surface area contributed by atoms with Gasteiger partial charge in [-0.05, 0) is 12.1 Å². The highest BCUT2D eigenvalue weighted by molar-refractivity contribution is 6.33. The largest absolute Gasteiger partial charge is 0.383 e. The molecule has 20 heavy (non-hydrogen) atoms. The second-order valence-electron chi connectivity index (χ2n) is 3.97. The minimum atomic E-state index is -0.306. The predicted octanol–water partition coefficient (Wildman–Crippen LogP) is 1.78. The third-order valence-corrected chi connectivity index (χ3v) is 2.96. The van der Waals surface area contributed by atoms with Crippen molar-refractivity contribution in [1.29, 1.82) is 5.26 Å². The van der Waals surface area contributed by atoms with Crippen molar-refractivity contribution in [2.45, 2.75) is 6.42 Å². The van der Waals surface area contributed by atoms with Crippen molar-refractivity contribution in [3.63, 3.8) is 0 Å². The molecule has 0 aromatic carbocycles. The summed E-state index contributed by atoms with van der Waals surface area (Å²) in [5, 5.41) is 11.8. The molecule has 0 aliphatic carbocycles. The summed E-state index contributed by atoms with van der Waals surface area (Å²) in [6.45, 7) is 1.10. The Balaban J connectivity index is 2.95. The van der Waals surface area contributed by atoms with Gasteiger partial charge in [0.2, 0.25) is 0 Å². The lowest BCUT2D eigenvalue weighted by Crippen LogP contribution is -2.35. The van der Waals surface area contributed by atoms with E-state index in [9.17, 15) is 4.79 Å². The minimum Gasteiger partial charge on any atom is -0.383 e. The molecule has 7 heteroatoms. The van der Waals surface area contributed by atoms with Gasteiger partial charge in [-0.1, -0.05) is 11.6 Å². The number of ether oxygens (including phenoxy) is 1. The molecule has 1 rings (SSSR count). The Morgan fingerprint density at radius 3 is 2.90 bits per heavy atom. The number of methoxy groups -OCH3 is 1. The molecule has 0 radical (unpaired) electrons. The van der Waals surface area contributed by atoms with Gasteiger partial charge in [-0.3, -0.25) is 4.79 Å². The quantitative estimate of drug-likeness (QED) is 0.830. The van der Waals surface area contributed by atoms with E-state index in [2.05, 4.69) is 10.3 Å². The minimum absolute atomic E-state index is 0.174. The monoisotopic (exact) mass is 296 g/mol. The summed E-state index contributed by atoms with van der Waals surface area (Å²) in [7, 11) is 3.27. The maximum Gasteiger partial charge on any atom is 0.274 e. The second-order valence-corrected chi connectivity index (χ2v) is 4.38. The first-order valence-corrected chi connectivity index (χ1v) is 6.51. The number of carbonyl (C=O) groups is 1. The lowest BCUT2D eigenvalue weighted by Gasteiger charge is -2.21. The molecule has 0 atom stereocenters. The van der Waals surface area contributed by atoms with Crippen molar-refractivity contribution < 1.29 is 9.53 Å². The van der Waals surface area contributed by atoms with Crippen LogP contribution in [0.25, 0.3) is 0 Å². The van der Waals surface area contributed by atoms with E-state index < -0.39 is 0 Å². The molecule has 0 aliphatic heterocycles. The maximum absolute atomic E-state index is 12.4. The van der Waals surface area contributed by atoms with E-state index in [0.717, 1.165) is 0 Å². The number of amides is 1. The fourth-order valence-electron chi connectivity index (χ4n) is 1.58. The highest BCUT2D eigenvalue weighted by atomic mass is 35.5. The summed E-state index contributed by atoms with van der Waals surface area (Å²) in [4.78, 5) is 18.1. The van der Waals surface area contributed by atoms with Crippen molar-refractivity contribution in [3.05, 3.63) is 22.8 Å². The van der Waals surface area contributed by atoms with Crippen molar-refractivity contribution in [2.75, 3.05) is 39.2 Å². The number of carbonyl (C=O) groups excluding carboxylic acids is 1. The number of hydrogen-bond donors (Lipinski definition) is 1. The first kappa shape index (κ1) is 16.2. The van der Waals surface area contributed by atoms with Gasteiger partial charge in [0.25, 0.3) is 5.91 Å². The van der Waals surface area contributed by atoms with Crippen LogP contribution >= 0.6 is 11.6 Å². The van der Waals surface area contributed by atoms with Gasteiger partial charge >= 0.3 is 0 Å². The lowest BCUT2D eigenvalue weighted by atomic mass is 10.3. The van der Waals surface area contributed by atoms with Gasteiger partial charge in [0.15, 0.2) is 0 Å². The van der Waals surface area contributed by atoms with Crippen LogP contribution in [-0.4, -0.2) is 49.6 Å². The first-order chi connectivity index (χ1) is 9.63. The van der Waals surface area contributed by atoms with Gasteiger partial charge in [-0.2, -0.15) is 5.26 Å². The highest BCUT2D eigenvalue weighted by Gasteiger charge is 2.20. The van der Waals surface area contributed by atoms with Crippen molar-refractivity contribution in [1.82, 2.24) is 9.88 Å². The Bertz CT molecular complexity index is 502. The second kappa shape index (κ2) is 8.35. The number of nitriles is 1. The SMILES string of the molecule is CNc1ccc(Cl)c(C(=O)N(CCC#N)CCOC)n1. The van der Waals surface area contributed by atoms with Crippen LogP contribution in [-0.2, 0) is 4.74 Å². The molecule has 0 bridgehead atoms. The van der Waals surface area contributed by atoms with Crippen LogP contribution in [0.1, 0.15) is 16.9 Å². The Kier molecular flexibility index (Phi) is 6.77. The molecule has 6 nitrogen and oxygen atoms in total. The summed E-state index contributed by atoms with van der Waals surface area (Å²) < 4.78 is 4.97. The van der Waals surface area contributed by atoms with Crippen molar-refractivity contribution >= 4 is 23.3 Å². The molecule has 0 aliphatic rings. The molecule has 1 heterocycles. The molecule has 0 saturated heterocycles. The van der Waals surface area contributed by atoms with Crippen molar-refractivity contribution in [2.24, 2.45) is 0 Å². The van der Waals surface area contributed by atoms with Crippen LogP contribution in [0.4, 0.5) is 5.82 Å². The topological polar surface area (TPSA) is 78.2 Å². The van der Waals surface area contributed by atoms with E-state index >= 15 is 0 Å². The fraction of sp³-hybridized carbons (Fsp3) is 0.462. The van der Waals surface area contributed by atoms with Crippen LogP contribution < -0.4 is 5.32 Å². The summed E-state index contributed by atoms with van der Waals surface area (Å²) in [6, 6.07) is 5.32. The van der Waals surface area contributed by atoms with E-state index in [-0.39, 0.29) is 23.0 Å². The summed E-state index contributed by atoms with van der Waals surface area (Å²) >= 11 is 6.03. The average molecular weight is 297 g/mol. The maximum atomic E-state index is 12.4. The van der Waals surface area contributed by atoms with Crippen LogP contribution in [0.5, 0.6) is 0 Å². The number of hydrogen-bond acceptors (Lipinski definition) is 5. The van der Waals surface area contributed by atoms with Crippen molar-refractivity contribution in [3.8, 4) is 6.07 Å². The molecule has 0 saturated carbocycles. The number of aromatic nitrogens is 1. The molecular formula is C13H17ClN4O2. The lowest BCUT2D eigenvalue weighted by molar-refractivity contribution is 0.0694. The molecular weight excluding hydrogens is 280 g/mol. The molecule has 1 N–H and O–H groups in total. The third-order valence-electron chi connectivity index (χ3n) is 2.65. The normalized spacial score (nSPS) is 9.90. The summed E-state index contributed by atoms with van der Waals surface area (Å²) in [5.74, 6) is 0.254. The van der Waals surface area contributed by atoms with E-state index in [0.29, 0.717) is 25.5 Å². The molecule has 0 spiro atoms. The van der Waals surface area contributed by atoms with Gasteiger partial charge in [-0.15, -0.1) is 0 Å². The Hall–Kier alpha value is -1.84. The number of halogens is 1. The molecule has 1 amide bonds. The van der Waals surface area contributed by atoms with E-state index in [1.807, 2.05) is 6.07 Å². The summed E-state index contributed by atoms with van der Waals surface area (Å²) in [6.07, 6.45) is 0.249. The summed E-state index contributed by atoms with van der Waals surface area (Å²) in [5.41, 5.74) is 0.174. The molecule has 1 aromatic heterocycles. The predicted molar refractivity (Wildman–Crippen MR) is 76.8 cm³/mol. The van der Waals surface area contributed by atoms with Crippen LogP contribution in [0, 0.1) is 11.3 Å².